The molecule has 0 aliphatic heterocycles. The molecule has 0 heterocycles. The lowest BCUT2D eigenvalue weighted by Gasteiger charge is -2.26. The molecule has 1 aromatic rings. The van der Waals surface area contributed by atoms with Gasteiger partial charge in [0.05, 0.1) is 4.90 Å². The molecule has 1 saturated carbocycles. The Hall–Kier alpha value is -1.07. The van der Waals surface area contributed by atoms with Crippen molar-refractivity contribution in [3.8, 4) is 0 Å². The van der Waals surface area contributed by atoms with Gasteiger partial charge in [-0.05, 0) is 50.4 Å². The molecule has 0 spiro atoms. The Morgan fingerprint density at radius 1 is 1.33 bits per heavy atom. The van der Waals surface area contributed by atoms with E-state index >= 15 is 0 Å². The van der Waals surface area contributed by atoms with Gasteiger partial charge in [-0.1, -0.05) is 12.5 Å². The Kier molecular flexibility index (Phi) is 3.92. The van der Waals surface area contributed by atoms with Crippen molar-refractivity contribution in [2.24, 2.45) is 5.92 Å². The van der Waals surface area contributed by atoms with Crippen LogP contribution in [0.15, 0.2) is 23.1 Å². The molecular formula is C13H20N2O2S. The molecule has 5 heteroatoms. The summed E-state index contributed by atoms with van der Waals surface area (Å²) in [5, 5.41) is 3.36. The molecule has 0 radical (unpaired) electrons. The van der Waals surface area contributed by atoms with E-state index in [1.807, 2.05) is 13.0 Å². The van der Waals surface area contributed by atoms with Gasteiger partial charge in [0.25, 0.3) is 0 Å². The van der Waals surface area contributed by atoms with Gasteiger partial charge >= 0.3 is 0 Å². The van der Waals surface area contributed by atoms with Gasteiger partial charge in [-0.25, -0.2) is 13.1 Å². The zero-order valence-corrected chi connectivity index (χ0v) is 11.7. The highest BCUT2D eigenvalue weighted by Gasteiger charge is 2.18. The lowest BCUT2D eigenvalue weighted by molar-refractivity contribution is 0.333. The lowest BCUT2D eigenvalue weighted by atomic mass is 9.85. The molecule has 0 bridgehead atoms. The first-order valence-electron chi connectivity index (χ1n) is 6.31. The number of rotatable bonds is 5. The number of nitrogens with one attached hydrogen (secondary N) is 2. The Bertz CT molecular complexity index is 522. The Morgan fingerprint density at radius 3 is 2.61 bits per heavy atom. The summed E-state index contributed by atoms with van der Waals surface area (Å²) >= 11 is 0. The van der Waals surface area contributed by atoms with Crippen LogP contribution in [0.1, 0.15) is 24.8 Å². The minimum absolute atomic E-state index is 0.312. The highest BCUT2D eigenvalue weighted by Crippen LogP contribution is 2.27. The number of aryl methyl sites for hydroxylation is 1. The normalized spacial score (nSPS) is 16.3. The van der Waals surface area contributed by atoms with Crippen LogP contribution >= 0.6 is 0 Å². The molecule has 0 saturated heterocycles. The second kappa shape index (κ2) is 5.28. The molecular weight excluding hydrogens is 248 g/mol. The van der Waals surface area contributed by atoms with E-state index in [1.54, 1.807) is 12.1 Å². The van der Waals surface area contributed by atoms with Crippen LogP contribution in [0.4, 0.5) is 5.69 Å². The fraction of sp³-hybridized carbons (Fsp3) is 0.538. The molecule has 1 aromatic carbocycles. The average molecular weight is 268 g/mol. The van der Waals surface area contributed by atoms with Crippen LogP contribution in [0.25, 0.3) is 0 Å². The van der Waals surface area contributed by atoms with E-state index in [1.165, 1.54) is 26.3 Å². The van der Waals surface area contributed by atoms with Crippen molar-refractivity contribution in [2.75, 3.05) is 18.9 Å². The molecule has 0 aromatic heterocycles. The fourth-order valence-electron chi connectivity index (χ4n) is 2.03. The van der Waals surface area contributed by atoms with Crippen molar-refractivity contribution in [1.29, 1.82) is 0 Å². The molecule has 100 valence electrons. The van der Waals surface area contributed by atoms with E-state index in [0.29, 0.717) is 4.90 Å². The second-order valence-corrected chi connectivity index (χ2v) is 6.75. The van der Waals surface area contributed by atoms with Crippen LogP contribution in [-0.2, 0) is 10.0 Å². The van der Waals surface area contributed by atoms with Crippen molar-refractivity contribution < 1.29 is 8.42 Å². The van der Waals surface area contributed by atoms with Crippen molar-refractivity contribution >= 4 is 15.7 Å². The van der Waals surface area contributed by atoms with Gasteiger partial charge in [0.15, 0.2) is 0 Å². The van der Waals surface area contributed by atoms with Gasteiger partial charge in [0.2, 0.25) is 10.0 Å². The summed E-state index contributed by atoms with van der Waals surface area (Å²) in [4.78, 5) is 0.312. The maximum absolute atomic E-state index is 11.7. The van der Waals surface area contributed by atoms with E-state index in [4.69, 9.17) is 0 Å². The molecule has 4 nitrogen and oxygen atoms in total. The van der Waals surface area contributed by atoms with E-state index in [-0.39, 0.29) is 0 Å². The van der Waals surface area contributed by atoms with Crippen LogP contribution in [-0.4, -0.2) is 22.0 Å². The summed E-state index contributed by atoms with van der Waals surface area (Å²) in [5.74, 6) is 0.744. The van der Waals surface area contributed by atoms with E-state index in [2.05, 4.69) is 10.0 Å². The Labute approximate surface area is 109 Å². The maximum Gasteiger partial charge on any atom is 0.240 e. The van der Waals surface area contributed by atoms with Crippen LogP contribution in [0, 0.1) is 12.8 Å². The number of sulfonamides is 1. The smallest absolute Gasteiger partial charge is 0.240 e. The first-order chi connectivity index (χ1) is 8.53. The van der Waals surface area contributed by atoms with Crippen molar-refractivity contribution in [1.82, 2.24) is 4.72 Å². The van der Waals surface area contributed by atoms with Crippen LogP contribution in [0.3, 0.4) is 0 Å². The largest absolute Gasteiger partial charge is 0.385 e. The highest BCUT2D eigenvalue weighted by molar-refractivity contribution is 7.89. The predicted octanol–water partition coefficient (Wildman–Crippen LogP) is 2.12. The third-order valence-electron chi connectivity index (χ3n) is 3.59. The Morgan fingerprint density at radius 2 is 2.06 bits per heavy atom. The monoisotopic (exact) mass is 268 g/mol. The number of hydrogen-bond acceptors (Lipinski definition) is 3. The van der Waals surface area contributed by atoms with Crippen LogP contribution in [0.5, 0.6) is 0 Å². The zero-order valence-electron chi connectivity index (χ0n) is 10.9. The van der Waals surface area contributed by atoms with Gasteiger partial charge < -0.3 is 5.32 Å². The number of benzene rings is 1. The molecule has 0 amide bonds. The molecule has 2 N–H and O–H groups in total. The molecule has 1 aliphatic carbocycles. The molecule has 1 fully saturated rings. The molecule has 2 rings (SSSR count). The highest BCUT2D eigenvalue weighted by atomic mass is 32.2. The van der Waals surface area contributed by atoms with Gasteiger partial charge in [-0.15, -0.1) is 0 Å². The minimum atomic E-state index is -3.36. The van der Waals surface area contributed by atoms with Gasteiger partial charge in [0, 0.05) is 12.2 Å². The standard InChI is InChI=1S/C13H20N2O2S/c1-10-6-7-12(18(16,17)14-2)8-13(10)15-9-11-4-3-5-11/h6-8,11,14-15H,3-5,9H2,1-2H3. The summed E-state index contributed by atoms with van der Waals surface area (Å²) in [6, 6.07) is 5.18. The summed E-state index contributed by atoms with van der Waals surface area (Å²) in [5.41, 5.74) is 1.99. The first kappa shape index (κ1) is 13.4. The molecule has 1 aliphatic rings. The summed E-state index contributed by atoms with van der Waals surface area (Å²) < 4.78 is 25.8. The van der Waals surface area contributed by atoms with Crippen molar-refractivity contribution in [3.63, 3.8) is 0 Å². The molecule has 0 unspecified atom stereocenters. The summed E-state index contributed by atoms with van der Waals surface area (Å²) in [7, 11) is -1.93. The van der Waals surface area contributed by atoms with E-state index in [0.717, 1.165) is 23.7 Å². The molecule has 0 atom stereocenters. The lowest BCUT2D eigenvalue weighted by Crippen LogP contribution is -2.22. The summed E-state index contributed by atoms with van der Waals surface area (Å²) in [6.07, 6.45) is 3.88. The topological polar surface area (TPSA) is 58.2 Å². The van der Waals surface area contributed by atoms with Crippen molar-refractivity contribution in [2.45, 2.75) is 31.1 Å². The van der Waals surface area contributed by atoms with E-state index < -0.39 is 10.0 Å². The zero-order chi connectivity index (χ0) is 13.2. The van der Waals surface area contributed by atoms with Gasteiger partial charge in [-0.2, -0.15) is 0 Å². The molecule has 18 heavy (non-hydrogen) atoms. The maximum atomic E-state index is 11.7. The quantitative estimate of drug-likeness (QED) is 0.860. The first-order valence-corrected chi connectivity index (χ1v) is 7.79. The number of anilines is 1. The van der Waals surface area contributed by atoms with Crippen molar-refractivity contribution in [3.05, 3.63) is 23.8 Å². The third kappa shape index (κ3) is 2.84. The van der Waals surface area contributed by atoms with Gasteiger partial charge in [-0.3, -0.25) is 0 Å². The SMILES string of the molecule is CNS(=O)(=O)c1ccc(C)c(NCC2CCC2)c1. The Balaban J connectivity index is 2.15. The minimum Gasteiger partial charge on any atom is -0.385 e. The predicted molar refractivity (Wildman–Crippen MR) is 73.3 cm³/mol. The van der Waals surface area contributed by atoms with Crippen LogP contribution < -0.4 is 10.0 Å². The summed E-state index contributed by atoms with van der Waals surface area (Å²) in [6.45, 7) is 2.92. The number of hydrogen-bond donors (Lipinski definition) is 2. The van der Waals surface area contributed by atoms with Gasteiger partial charge in [0.1, 0.15) is 0 Å². The fourth-order valence-corrected chi connectivity index (χ4v) is 2.78. The second-order valence-electron chi connectivity index (χ2n) is 4.86. The van der Waals surface area contributed by atoms with Crippen LogP contribution in [0.2, 0.25) is 0 Å². The average Bonchev–Trinajstić information content (AvgIpc) is 2.29. The van der Waals surface area contributed by atoms with E-state index in [9.17, 15) is 8.42 Å². The third-order valence-corrected chi connectivity index (χ3v) is 5.01.